The Morgan fingerprint density at radius 3 is 2.93 bits per heavy atom. The summed E-state index contributed by atoms with van der Waals surface area (Å²) in [7, 11) is 1.79. The van der Waals surface area contributed by atoms with Crippen molar-refractivity contribution in [3.8, 4) is 0 Å². The van der Waals surface area contributed by atoms with Crippen molar-refractivity contribution in [1.82, 2.24) is 15.8 Å². The molecule has 146 valence electrons. The predicted molar refractivity (Wildman–Crippen MR) is 113 cm³/mol. The number of hydrogen-bond acceptors (Lipinski definition) is 4. The molecule has 2 aromatic rings. The Balaban J connectivity index is 1.44. The fraction of sp³-hybridized carbons (Fsp3) is 0.500. The van der Waals surface area contributed by atoms with Gasteiger partial charge in [0.15, 0.2) is 11.7 Å². The zero-order chi connectivity index (χ0) is 19.2. The predicted octanol–water partition coefficient (Wildman–Crippen LogP) is 3.75. The minimum atomic E-state index is 0.371. The van der Waals surface area contributed by atoms with E-state index < -0.39 is 0 Å². The standard InChI is InChI=1S/C20H28BrN5O/c1-14(2)19-10-18(27-25-19)12-24-20(22-3)23-11-15-7-8-26(13-15)17-6-4-5-16(21)9-17/h4-6,9-10,14-15H,7-8,11-13H2,1-3H3,(H2,22,23,24). The first kappa shape index (κ1) is 19.7. The van der Waals surface area contributed by atoms with Gasteiger partial charge in [-0.1, -0.05) is 41.0 Å². The molecule has 1 aliphatic rings. The molecular formula is C20H28BrN5O. The molecule has 1 atom stereocenters. The maximum Gasteiger partial charge on any atom is 0.191 e. The molecule has 1 aromatic carbocycles. The highest BCUT2D eigenvalue weighted by Crippen LogP contribution is 2.25. The Hall–Kier alpha value is -2.02. The van der Waals surface area contributed by atoms with Gasteiger partial charge in [-0.25, -0.2) is 0 Å². The highest BCUT2D eigenvalue weighted by atomic mass is 79.9. The average Bonchev–Trinajstić information content (AvgIpc) is 3.31. The van der Waals surface area contributed by atoms with Crippen LogP contribution in [0.4, 0.5) is 5.69 Å². The van der Waals surface area contributed by atoms with E-state index in [4.69, 9.17) is 4.52 Å². The highest BCUT2D eigenvalue weighted by molar-refractivity contribution is 9.10. The Morgan fingerprint density at radius 2 is 2.22 bits per heavy atom. The van der Waals surface area contributed by atoms with E-state index in [0.717, 1.165) is 41.5 Å². The summed E-state index contributed by atoms with van der Waals surface area (Å²) in [6.07, 6.45) is 1.18. The molecule has 1 aliphatic heterocycles. The van der Waals surface area contributed by atoms with E-state index in [2.05, 4.69) is 79.7 Å². The topological polar surface area (TPSA) is 65.7 Å². The molecule has 0 spiro atoms. The Bertz CT molecular complexity index is 773. The third kappa shape index (κ3) is 5.48. The van der Waals surface area contributed by atoms with Crippen LogP contribution in [0.1, 0.15) is 37.6 Å². The highest BCUT2D eigenvalue weighted by Gasteiger charge is 2.23. The van der Waals surface area contributed by atoms with E-state index in [1.807, 2.05) is 6.07 Å². The lowest BCUT2D eigenvalue weighted by Crippen LogP contribution is -2.39. The smallest absolute Gasteiger partial charge is 0.191 e. The fourth-order valence-electron chi connectivity index (χ4n) is 3.22. The van der Waals surface area contributed by atoms with Crippen molar-refractivity contribution >= 4 is 27.6 Å². The molecule has 0 amide bonds. The van der Waals surface area contributed by atoms with Crippen LogP contribution in [0.3, 0.4) is 0 Å². The Morgan fingerprint density at radius 1 is 1.37 bits per heavy atom. The summed E-state index contributed by atoms with van der Waals surface area (Å²) in [6, 6.07) is 10.5. The number of nitrogens with one attached hydrogen (secondary N) is 2. The first-order valence-corrected chi connectivity index (χ1v) is 10.2. The van der Waals surface area contributed by atoms with Crippen molar-refractivity contribution < 1.29 is 4.52 Å². The van der Waals surface area contributed by atoms with Gasteiger partial charge in [0, 0.05) is 42.9 Å². The Labute approximate surface area is 169 Å². The number of benzene rings is 1. The summed E-state index contributed by atoms with van der Waals surface area (Å²) in [5.41, 5.74) is 2.26. The number of aromatic nitrogens is 1. The summed E-state index contributed by atoms with van der Waals surface area (Å²) < 4.78 is 6.49. The SMILES string of the molecule is CN=C(NCc1cc(C(C)C)no1)NCC1CCN(c2cccc(Br)c2)C1. The molecule has 0 radical (unpaired) electrons. The van der Waals surface area contributed by atoms with Crippen molar-refractivity contribution in [2.45, 2.75) is 32.7 Å². The van der Waals surface area contributed by atoms with Crippen LogP contribution in [-0.2, 0) is 6.54 Å². The van der Waals surface area contributed by atoms with Crippen LogP contribution in [0.2, 0.25) is 0 Å². The molecule has 2 heterocycles. The molecule has 1 fully saturated rings. The second-order valence-electron chi connectivity index (χ2n) is 7.26. The van der Waals surface area contributed by atoms with Crippen molar-refractivity contribution in [1.29, 1.82) is 0 Å². The lowest BCUT2D eigenvalue weighted by molar-refractivity contribution is 0.371. The first-order valence-electron chi connectivity index (χ1n) is 9.45. The van der Waals surface area contributed by atoms with Crippen LogP contribution in [0.15, 0.2) is 44.3 Å². The van der Waals surface area contributed by atoms with E-state index in [0.29, 0.717) is 18.4 Å². The number of hydrogen-bond donors (Lipinski definition) is 2. The van der Waals surface area contributed by atoms with E-state index in [1.54, 1.807) is 7.05 Å². The number of aliphatic imine (C=N–C) groups is 1. The minimum absolute atomic E-state index is 0.371. The van der Waals surface area contributed by atoms with Gasteiger partial charge in [0.05, 0.1) is 12.2 Å². The molecule has 0 bridgehead atoms. The molecule has 2 N–H and O–H groups in total. The van der Waals surface area contributed by atoms with Gasteiger partial charge in [-0.15, -0.1) is 0 Å². The molecule has 1 unspecified atom stereocenters. The van der Waals surface area contributed by atoms with E-state index in [9.17, 15) is 0 Å². The minimum Gasteiger partial charge on any atom is -0.371 e. The lowest BCUT2D eigenvalue weighted by atomic mass is 10.1. The van der Waals surface area contributed by atoms with Crippen LogP contribution in [-0.4, -0.2) is 37.8 Å². The number of rotatable bonds is 6. The van der Waals surface area contributed by atoms with Gasteiger partial charge in [0.2, 0.25) is 0 Å². The summed E-state index contributed by atoms with van der Waals surface area (Å²) in [6.45, 7) is 7.83. The average molecular weight is 434 g/mol. The van der Waals surface area contributed by atoms with Crippen LogP contribution in [0.5, 0.6) is 0 Å². The van der Waals surface area contributed by atoms with Crippen LogP contribution < -0.4 is 15.5 Å². The molecule has 3 rings (SSSR count). The maximum absolute atomic E-state index is 5.37. The zero-order valence-corrected chi connectivity index (χ0v) is 17.8. The number of nitrogens with zero attached hydrogens (tertiary/aromatic N) is 3. The van der Waals surface area contributed by atoms with Gasteiger partial charge >= 0.3 is 0 Å². The van der Waals surface area contributed by atoms with Gasteiger partial charge in [0.1, 0.15) is 0 Å². The molecule has 1 aromatic heterocycles. The molecule has 1 saturated heterocycles. The van der Waals surface area contributed by atoms with Crippen molar-refractivity contribution in [3.05, 3.63) is 46.3 Å². The van der Waals surface area contributed by atoms with Crippen LogP contribution >= 0.6 is 15.9 Å². The van der Waals surface area contributed by atoms with E-state index in [1.165, 1.54) is 12.1 Å². The van der Waals surface area contributed by atoms with Crippen LogP contribution in [0.25, 0.3) is 0 Å². The maximum atomic E-state index is 5.37. The third-order valence-electron chi connectivity index (χ3n) is 4.84. The molecular weight excluding hydrogens is 406 g/mol. The summed E-state index contributed by atoms with van der Waals surface area (Å²) in [4.78, 5) is 6.75. The van der Waals surface area contributed by atoms with Gasteiger partial charge in [-0.2, -0.15) is 0 Å². The Kier molecular flexibility index (Phi) is 6.77. The van der Waals surface area contributed by atoms with E-state index >= 15 is 0 Å². The van der Waals surface area contributed by atoms with Gasteiger partial charge < -0.3 is 20.1 Å². The van der Waals surface area contributed by atoms with Crippen molar-refractivity contribution in [2.24, 2.45) is 10.9 Å². The normalized spacial score (nSPS) is 17.6. The van der Waals surface area contributed by atoms with Gasteiger partial charge in [-0.3, -0.25) is 4.99 Å². The largest absolute Gasteiger partial charge is 0.371 e. The molecule has 6 nitrogen and oxygen atoms in total. The summed E-state index contributed by atoms with van der Waals surface area (Å²) in [5.74, 6) is 2.58. The quantitative estimate of drug-likeness (QED) is 0.536. The number of halogens is 1. The summed E-state index contributed by atoms with van der Waals surface area (Å²) in [5, 5.41) is 10.8. The zero-order valence-electron chi connectivity index (χ0n) is 16.2. The van der Waals surface area contributed by atoms with Gasteiger partial charge in [0.25, 0.3) is 0 Å². The molecule has 27 heavy (non-hydrogen) atoms. The summed E-state index contributed by atoms with van der Waals surface area (Å²) >= 11 is 3.55. The monoisotopic (exact) mass is 433 g/mol. The third-order valence-corrected chi connectivity index (χ3v) is 5.33. The number of anilines is 1. The van der Waals surface area contributed by atoms with Crippen LogP contribution in [0, 0.1) is 5.92 Å². The molecule has 0 saturated carbocycles. The lowest BCUT2D eigenvalue weighted by Gasteiger charge is -2.19. The second-order valence-corrected chi connectivity index (χ2v) is 8.18. The first-order chi connectivity index (χ1) is 13.0. The number of guanidine groups is 1. The van der Waals surface area contributed by atoms with Crippen molar-refractivity contribution in [3.63, 3.8) is 0 Å². The molecule has 7 heteroatoms. The second kappa shape index (κ2) is 9.26. The van der Waals surface area contributed by atoms with Gasteiger partial charge in [-0.05, 0) is 36.5 Å². The van der Waals surface area contributed by atoms with Crippen molar-refractivity contribution in [2.75, 3.05) is 31.6 Å². The van der Waals surface area contributed by atoms with E-state index in [-0.39, 0.29) is 0 Å². The fourth-order valence-corrected chi connectivity index (χ4v) is 3.61. The molecule has 0 aliphatic carbocycles.